The molecule has 23 heavy (non-hydrogen) atoms. The van der Waals surface area contributed by atoms with Crippen molar-refractivity contribution >= 4 is 33.6 Å². The summed E-state index contributed by atoms with van der Waals surface area (Å²) in [4.78, 5) is 25.1. The summed E-state index contributed by atoms with van der Waals surface area (Å²) in [5.74, 6) is -2.76. The van der Waals surface area contributed by atoms with Crippen LogP contribution in [0.25, 0.3) is 0 Å². The predicted molar refractivity (Wildman–Crippen MR) is 84.2 cm³/mol. The third-order valence-corrected chi connectivity index (χ3v) is 3.80. The molecule has 5 nitrogen and oxygen atoms in total. The van der Waals surface area contributed by atoms with Gasteiger partial charge in [0, 0.05) is 18.5 Å². The molecule has 0 unspecified atom stereocenters. The van der Waals surface area contributed by atoms with Gasteiger partial charge in [0.05, 0.1) is 10.2 Å². The van der Waals surface area contributed by atoms with Crippen molar-refractivity contribution in [2.45, 2.75) is 38.8 Å². The minimum Gasteiger partial charge on any atom is -0.436 e. The van der Waals surface area contributed by atoms with Gasteiger partial charge < -0.3 is 15.0 Å². The van der Waals surface area contributed by atoms with E-state index in [1.807, 2.05) is 0 Å². The minimum atomic E-state index is -1.12. The van der Waals surface area contributed by atoms with Gasteiger partial charge in [0.2, 0.25) is 0 Å². The van der Waals surface area contributed by atoms with Crippen LogP contribution in [-0.4, -0.2) is 30.2 Å². The van der Waals surface area contributed by atoms with Crippen LogP contribution in [0.2, 0.25) is 0 Å². The molecule has 1 heterocycles. The van der Waals surface area contributed by atoms with E-state index < -0.39 is 35.3 Å². The molecule has 0 aromatic heterocycles. The van der Waals surface area contributed by atoms with Crippen LogP contribution in [-0.2, 0) is 9.53 Å². The number of ether oxygens (including phenoxy) is 1. The Balaban J connectivity index is 2.11. The largest absolute Gasteiger partial charge is 0.436 e. The Labute approximate surface area is 141 Å². The van der Waals surface area contributed by atoms with Gasteiger partial charge in [-0.1, -0.05) is 0 Å². The number of nitrogens with zero attached hydrogens (tertiary/aromatic N) is 1. The highest BCUT2D eigenvalue weighted by Crippen LogP contribution is 2.30. The van der Waals surface area contributed by atoms with Crippen molar-refractivity contribution in [3.63, 3.8) is 0 Å². The molecule has 1 N–H and O–H groups in total. The van der Waals surface area contributed by atoms with Crippen LogP contribution in [0.3, 0.4) is 0 Å². The third kappa shape index (κ3) is 3.99. The SMILES string of the molecule is CC(C)(C)NC(=O)O[C@@H]1CCN(c2ccc(Br)c(F)c2F)C1=O. The number of nitrogens with one attached hydrogen (secondary N) is 1. The lowest BCUT2D eigenvalue weighted by molar-refractivity contribution is -0.124. The zero-order valence-electron chi connectivity index (χ0n) is 13.0. The Morgan fingerprint density at radius 1 is 1.35 bits per heavy atom. The van der Waals surface area contributed by atoms with Gasteiger partial charge in [-0.2, -0.15) is 0 Å². The van der Waals surface area contributed by atoms with Crippen LogP contribution in [0.5, 0.6) is 0 Å². The number of alkyl carbamates (subject to hydrolysis) is 1. The quantitative estimate of drug-likeness (QED) is 0.787. The fourth-order valence-corrected chi connectivity index (χ4v) is 2.50. The van der Waals surface area contributed by atoms with E-state index in [0.29, 0.717) is 0 Å². The number of rotatable bonds is 2. The summed E-state index contributed by atoms with van der Waals surface area (Å²) in [6.45, 7) is 5.47. The van der Waals surface area contributed by atoms with E-state index in [9.17, 15) is 18.4 Å². The van der Waals surface area contributed by atoms with Crippen LogP contribution < -0.4 is 10.2 Å². The van der Waals surface area contributed by atoms with Crippen molar-refractivity contribution in [3.05, 3.63) is 28.2 Å². The van der Waals surface area contributed by atoms with E-state index in [2.05, 4.69) is 21.2 Å². The number of amides is 2. The van der Waals surface area contributed by atoms with Crippen LogP contribution in [0.4, 0.5) is 19.3 Å². The molecular formula is C15H17BrF2N2O3. The molecule has 0 aliphatic carbocycles. The van der Waals surface area contributed by atoms with Gasteiger partial charge in [-0.25, -0.2) is 13.6 Å². The third-order valence-electron chi connectivity index (χ3n) is 3.19. The molecule has 1 aliphatic rings. The van der Waals surface area contributed by atoms with Gasteiger partial charge in [-0.3, -0.25) is 4.79 Å². The van der Waals surface area contributed by atoms with E-state index >= 15 is 0 Å². The van der Waals surface area contributed by atoms with Gasteiger partial charge in [0.1, 0.15) is 0 Å². The van der Waals surface area contributed by atoms with E-state index in [4.69, 9.17) is 4.74 Å². The molecule has 2 amide bonds. The highest BCUT2D eigenvalue weighted by atomic mass is 79.9. The van der Waals surface area contributed by atoms with Crippen molar-refractivity contribution in [1.29, 1.82) is 0 Å². The normalized spacial score (nSPS) is 18.3. The fourth-order valence-electron chi connectivity index (χ4n) is 2.19. The molecule has 2 rings (SSSR count). The first-order valence-electron chi connectivity index (χ1n) is 7.04. The number of anilines is 1. The van der Waals surface area contributed by atoms with Gasteiger partial charge in [-0.15, -0.1) is 0 Å². The average molecular weight is 391 g/mol. The van der Waals surface area contributed by atoms with Gasteiger partial charge in [-0.05, 0) is 48.8 Å². The summed E-state index contributed by atoms with van der Waals surface area (Å²) in [7, 11) is 0. The first-order valence-corrected chi connectivity index (χ1v) is 7.83. The average Bonchev–Trinajstić information content (AvgIpc) is 2.76. The van der Waals surface area contributed by atoms with Gasteiger partial charge >= 0.3 is 6.09 Å². The van der Waals surface area contributed by atoms with Gasteiger partial charge in [0.25, 0.3) is 5.91 Å². The fraction of sp³-hybridized carbons (Fsp3) is 0.467. The summed E-state index contributed by atoms with van der Waals surface area (Å²) < 4.78 is 32.6. The molecular weight excluding hydrogens is 374 g/mol. The summed E-state index contributed by atoms with van der Waals surface area (Å²) in [5.41, 5.74) is -0.669. The van der Waals surface area contributed by atoms with Gasteiger partial charge in [0.15, 0.2) is 17.7 Å². The maximum Gasteiger partial charge on any atom is 0.408 e. The number of benzene rings is 1. The molecule has 1 saturated heterocycles. The Morgan fingerprint density at radius 3 is 2.61 bits per heavy atom. The zero-order valence-corrected chi connectivity index (χ0v) is 14.5. The number of hydrogen-bond acceptors (Lipinski definition) is 3. The monoisotopic (exact) mass is 390 g/mol. The van der Waals surface area contributed by atoms with Crippen molar-refractivity contribution in [1.82, 2.24) is 5.32 Å². The smallest absolute Gasteiger partial charge is 0.408 e. The predicted octanol–water partition coefficient (Wildman–Crippen LogP) is 3.36. The molecule has 1 aromatic rings. The topological polar surface area (TPSA) is 58.6 Å². The molecule has 8 heteroatoms. The molecule has 1 aliphatic heterocycles. The molecule has 126 valence electrons. The van der Waals surface area contributed by atoms with Crippen molar-refractivity contribution < 1.29 is 23.1 Å². The number of carbonyl (C=O) groups is 2. The van der Waals surface area contributed by atoms with Crippen LogP contribution in [0, 0.1) is 11.6 Å². The first-order chi connectivity index (χ1) is 10.6. The number of carbonyl (C=O) groups excluding carboxylic acids is 2. The molecule has 0 bridgehead atoms. The standard InChI is InChI=1S/C15H17BrF2N2O3/c1-15(2,3)19-14(22)23-10-6-7-20(13(10)21)9-5-4-8(16)11(17)12(9)18/h4-5,10H,6-7H2,1-3H3,(H,19,22)/t10-/m1/s1. The van der Waals surface area contributed by atoms with Crippen LogP contribution in [0.15, 0.2) is 16.6 Å². The lowest BCUT2D eigenvalue weighted by Gasteiger charge is -2.22. The lowest BCUT2D eigenvalue weighted by atomic mass is 10.1. The zero-order chi connectivity index (χ0) is 17.4. The Kier molecular flexibility index (Phi) is 4.93. The highest BCUT2D eigenvalue weighted by molar-refractivity contribution is 9.10. The maximum absolute atomic E-state index is 14.0. The molecule has 0 radical (unpaired) electrons. The highest BCUT2D eigenvalue weighted by Gasteiger charge is 2.37. The van der Waals surface area contributed by atoms with Crippen molar-refractivity contribution in [3.8, 4) is 0 Å². The molecule has 0 saturated carbocycles. The summed E-state index contributed by atoms with van der Waals surface area (Å²) in [6.07, 6.45) is -1.52. The Bertz CT molecular complexity index is 646. The summed E-state index contributed by atoms with van der Waals surface area (Å²) >= 11 is 2.88. The molecule has 0 spiro atoms. The first kappa shape index (κ1) is 17.7. The van der Waals surface area contributed by atoms with E-state index in [-0.39, 0.29) is 23.1 Å². The second-order valence-electron chi connectivity index (χ2n) is 6.24. The van der Waals surface area contributed by atoms with Crippen LogP contribution in [0.1, 0.15) is 27.2 Å². The lowest BCUT2D eigenvalue weighted by Crippen LogP contribution is -2.43. The maximum atomic E-state index is 14.0. The van der Waals surface area contributed by atoms with Crippen molar-refractivity contribution in [2.75, 3.05) is 11.4 Å². The number of halogens is 3. The summed E-state index contributed by atoms with van der Waals surface area (Å²) in [5, 5.41) is 2.58. The van der Waals surface area contributed by atoms with Crippen LogP contribution >= 0.6 is 15.9 Å². The van der Waals surface area contributed by atoms with Crippen molar-refractivity contribution in [2.24, 2.45) is 0 Å². The Morgan fingerprint density at radius 2 is 2.00 bits per heavy atom. The Hall–Kier alpha value is -1.70. The number of hydrogen-bond donors (Lipinski definition) is 1. The minimum absolute atomic E-state index is 0.0252. The molecule has 1 aromatic carbocycles. The second-order valence-corrected chi connectivity index (χ2v) is 7.10. The van der Waals surface area contributed by atoms with E-state index in [1.54, 1.807) is 20.8 Å². The van der Waals surface area contributed by atoms with E-state index in [0.717, 1.165) is 4.90 Å². The van der Waals surface area contributed by atoms with E-state index in [1.165, 1.54) is 12.1 Å². The molecule has 1 atom stereocenters. The molecule has 1 fully saturated rings. The summed E-state index contributed by atoms with van der Waals surface area (Å²) in [6, 6.07) is 2.62. The second kappa shape index (κ2) is 6.43.